The number of H-pyrrole nitrogens is 1. The highest BCUT2D eigenvalue weighted by molar-refractivity contribution is 5.83. The van der Waals surface area contributed by atoms with Crippen LogP contribution in [0, 0.1) is 0 Å². The van der Waals surface area contributed by atoms with Gasteiger partial charge in [-0.1, -0.05) is 60.7 Å². The molecule has 4 rings (SSSR count). The van der Waals surface area contributed by atoms with Crippen molar-refractivity contribution in [1.29, 1.82) is 0 Å². The van der Waals surface area contributed by atoms with Gasteiger partial charge in [0.15, 0.2) is 0 Å². The molecule has 2 aromatic carbocycles. The first-order valence-corrected chi connectivity index (χ1v) is 8.69. The van der Waals surface area contributed by atoms with Crippen LogP contribution in [-0.4, -0.2) is 27.3 Å². The molecule has 126 valence electrons. The van der Waals surface area contributed by atoms with Crippen molar-refractivity contribution < 1.29 is 4.79 Å². The number of hydrogen-bond donors (Lipinski definition) is 1. The minimum Gasteiger partial charge on any atom is -0.340 e. The maximum Gasteiger partial charge on any atom is 0.230 e. The van der Waals surface area contributed by atoms with E-state index in [2.05, 4.69) is 4.98 Å². The number of rotatable bonds is 3. The van der Waals surface area contributed by atoms with Gasteiger partial charge in [-0.3, -0.25) is 4.79 Å². The molecule has 0 saturated heterocycles. The van der Waals surface area contributed by atoms with Gasteiger partial charge in [0.1, 0.15) is 5.82 Å². The highest BCUT2D eigenvalue weighted by Gasteiger charge is 2.27. The number of nitrogens with one attached hydrogen (secondary N) is 1. The van der Waals surface area contributed by atoms with E-state index in [0.29, 0.717) is 6.54 Å². The van der Waals surface area contributed by atoms with Crippen molar-refractivity contribution in [2.45, 2.75) is 25.8 Å². The van der Waals surface area contributed by atoms with E-state index in [1.54, 1.807) is 0 Å². The predicted octanol–water partition coefficient (Wildman–Crippen LogP) is 3.77. The van der Waals surface area contributed by atoms with Gasteiger partial charge in [0.2, 0.25) is 5.91 Å². The van der Waals surface area contributed by atoms with Gasteiger partial charge in [-0.2, -0.15) is 0 Å². The fourth-order valence-corrected chi connectivity index (χ4v) is 3.37. The Morgan fingerprint density at radius 1 is 1.08 bits per heavy atom. The zero-order valence-electron chi connectivity index (χ0n) is 14.3. The SMILES string of the molecule is C[C@@H](C(=O)N1CCc2nc(-c3ccccc3)[nH]c2C1)c1ccccc1. The maximum absolute atomic E-state index is 12.9. The summed E-state index contributed by atoms with van der Waals surface area (Å²) in [5.41, 5.74) is 4.27. The molecule has 0 fully saturated rings. The number of carbonyl (C=O) groups is 1. The molecule has 2 heterocycles. The summed E-state index contributed by atoms with van der Waals surface area (Å²) in [6.07, 6.45) is 0.798. The lowest BCUT2D eigenvalue weighted by atomic mass is 9.98. The Hall–Kier alpha value is -2.88. The van der Waals surface area contributed by atoms with Crippen LogP contribution < -0.4 is 0 Å². The largest absolute Gasteiger partial charge is 0.340 e. The van der Waals surface area contributed by atoms with Gasteiger partial charge in [-0.05, 0) is 12.5 Å². The van der Waals surface area contributed by atoms with Crippen LogP contribution in [-0.2, 0) is 17.8 Å². The standard InChI is InChI=1S/C21H21N3O/c1-15(16-8-4-2-5-9-16)21(25)24-13-12-18-19(14-24)23-20(22-18)17-10-6-3-7-11-17/h2-11,15H,12-14H2,1H3,(H,22,23)/t15-/m1/s1. The summed E-state index contributed by atoms with van der Waals surface area (Å²) in [6.45, 7) is 3.31. The van der Waals surface area contributed by atoms with Gasteiger partial charge in [0.25, 0.3) is 0 Å². The number of aromatic amines is 1. The molecule has 0 bridgehead atoms. The molecule has 1 amide bonds. The first kappa shape index (κ1) is 15.6. The zero-order valence-corrected chi connectivity index (χ0v) is 14.3. The molecule has 1 atom stereocenters. The second-order valence-electron chi connectivity index (χ2n) is 6.52. The van der Waals surface area contributed by atoms with Crippen molar-refractivity contribution in [2.24, 2.45) is 0 Å². The van der Waals surface area contributed by atoms with E-state index < -0.39 is 0 Å². The number of nitrogens with zero attached hydrogens (tertiary/aromatic N) is 2. The molecule has 3 aromatic rings. The number of carbonyl (C=O) groups excluding carboxylic acids is 1. The average molecular weight is 331 g/mol. The minimum atomic E-state index is -0.126. The molecule has 0 radical (unpaired) electrons. The highest BCUT2D eigenvalue weighted by atomic mass is 16.2. The minimum absolute atomic E-state index is 0.126. The topological polar surface area (TPSA) is 49.0 Å². The number of aromatic nitrogens is 2. The average Bonchev–Trinajstić information content (AvgIpc) is 3.11. The molecule has 4 heteroatoms. The van der Waals surface area contributed by atoms with Crippen molar-refractivity contribution in [3.05, 3.63) is 77.6 Å². The van der Waals surface area contributed by atoms with Gasteiger partial charge in [0, 0.05) is 18.5 Å². The monoisotopic (exact) mass is 331 g/mol. The second kappa shape index (κ2) is 6.55. The van der Waals surface area contributed by atoms with E-state index in [1.807, 2.05) is 72.5 Å². The molecule has 0 saturated carbocycles. The summed E-state index contributed by atoms with van der Waals surface area (Å²) in [5, 5.41) is 0. The molecule has 25 heavy (non-hydrogen) atoms. The third kappa shape index (κ3) is 3.07. The summed E-state index contributed by atoms with van der Waals surface area (Å²) < 4.78 is 0. The van der Waals surface area contributed by atoms with Gasteiger partial charge in [-0.25, -0.2) is 4.98 Å². The molecule has 0 unspecified atom stereocenters. The Kier molecular flexibility index (Phi) is 4.10. The van der Waals surface area contributed by atoms with Crippen molar-refractivity contribution in [3.8, 4) is 11.4 Å². The van der Waals surface area contributed by atoms with Crippen LogP contribution >= 0.6 is 0 Å². The fourth-order valence-electron chi connectivity index (χ4n) is 3.37. The van der Waals surface area contributed by atoms with Crippen LogP contribution in [0.1, 0.15) is 29.8 Å². The van der Waals surface area contributed by atoms with E-state index in [-0.39, 0.29) is 11.8 Å². The summed E-state index contributed by atoms with van der Waals surface area (Å²) in [4.78, 5) is 22.9. The number of fused-ring (bicyclic) bond motifs is 1. The second-order valence-corrected chi connectivity index (χ2v) is 6.52. The maximum atomic E-state index is 12.9. The molecule has 1 N–H and O–H groups in total. The summed E-state index contributed by atoms with van der Waals surface area (Å²) in [5.74, 6) is 0.933. The molecule has 0 spiro atoms. The molecular formula is C21H21N3O. The highest BCUT2D eigenvalue weighted by Crippen LogP contribution is 2.25. The molecule has 4 nitrogen and oxygen atoms in total. The van der Waals surface area contributed by atoms with Crippen LogP contribution in [0.5, 0.6) is 0 Å². The van der Waals surface area contributed by atoms with Crippen LogP contribution in [0.15, 0.2) is 60.7 Å². The Balaban J connectivity index is 1.53. The third-order valence-corrected chi connectivity index (χ3v) is 4.86. The van der Waals surface area contributed by atoms with Gasteiger partial charge in [-0.15, -0.1) is 0 Å². The van der Waals surface area contributed by atoms with Crippen molar-refractivity contribution in [1.82, 2.24) is 14.9 Å². The van der Waals surface area contributed by atoms with E-state index in [1.165, 1.54) is 0 Å². The molecule has 1 aliphatic rings. The van der Waals surface area contributed by atoms with E-state index in [4.69, 9.17) is 4.98 Å². The van der Waals surface area contributed by atoms with Crippen LogP contribution in [0.4, 0.5) is 0 Å². The van der Waals surface area contributed by atoms with Crippen LogP contribution in [0.3, 0.4) is 0 Å². The summed E-state index contributed by atoms with van der Waals surface area (Å²) in [7, 11) is 0. The molecule has 1 aromatic heterocycles. The summed E-state index contributed by atoms with van der Waals surface area (Å²) >= 11 is 0. The van der Waals surface area contributed by atoms with Crippen LogP contribution in [0.25, 0.3) is 11.4 Å². The van der Waals surface area contributed by atoms with Gasteiger partial charge >= 0.3 is 0 Å². The lowest BCUT2D eigenvalue weighted by Gasteiger charge is -2.29. The number of hydrogen-bond acceptors (Lipinski definition) is 2. The Labute approximate surface area is 147 Å². The smallest absolute Gasteiger partial charge is 0.230 e. The fraction of sp³-hybridized carbons (Fsp3) is 0.238. The molecule has 1 aliphatic heterocycles. The van der Waals surface area contributed by atoms with Crippen LogP contribution in [0.2, 0.25) is 0 Å². The normalized spacial score (nSPS) is 14.8. The van der Waals surface area contributed by atoms with E-state index in [0.717, 1.165) is 41.3 Å². The van der Waals surface area contributed by atoms with Gasteiger partial charge in [0.05, 0.1) is 23.9 Å². The molecular weight excluding hydrogens is 310 g/mol. The Morgan fingerprint density at radius 3 is 2.48 bits per heavy atom. The Bertz CT molecular complexity index is 871. The number of imidazole rings is 1. The van der Waals surface area contributed by atoms with E-state index in [9.17, 15) is 4.79 Å². The quantitative estimate of drug-likeness (QED) is 0.794. The number of amides is 1. The van der Waals surface area contributed by atoms with Crippen molar-refractivity contribution in [3.63, 3.8) is 0 Å². The van der Waals surface area contributed by atoms with Crippen molar-refractivity contribution >= 4 is 5.91 Å². The lowest BCUT2D eigenvalue weighted by molar-refractivity contribution is -0.133. The third-order valence-electron chi connectivity index (χ3n) is 4.86. The first-order valence-electron chi connectivity index (χ1n) is 8.69. The number of benzene rings is 2. The Morgan fingerprint density at radius 2 is 1.76 bits per heavy atom. The zero-order chi connectivity index (χ0) is 17.2. The summed E-state index contributed by atoms with van der Waals surface area (Å²) in [6, 6.07) is 20.1. The molecule has 0 aliphatic carbocycles. The first-order chi connectivity index (χ1) is 12.2. The van der Waals surface area contributed by atoms with Gasteiger partial charge < -0.3 is 9.88 Å². The predicted molar refractivity (Wildman–Crippen MR) is 98.0 cm³/mol. The van der Waals surface area contributed by atoms with E-state index >= 15 is 0 Å². The lowest BCUT2D eigenvalue weighted by Crippen LogP contribution is -2.38. The van der Waals surface area contributed by atoms with Crippen molar-refractivity contribution in [2.75, 3.05) is 6.54 Å².